The molecule has 0 amide bonds. The molecule has 0 saturated carbocycles. The summed E-state index contributed by atoms with van der Waals surface area (Å²) in [5.74, 6) is 0. The maximum Gasteiger partial charge on any atom is 0.279 e. The molecular formula is C17H18N6OS. The van der Waals surface area contributed by atoms with Gasteiger partial charge in [0.1, 0.15) is 10.6 Å². The highest BCUT2D eigenvalue weighted by Gasteiger charge is 2.20. The average molecular weight is 354 g/mol. The van der Waals surface area contributed by atoms with E-state index in [2.05, 4.69) is 15.2 Å². The maximum atomic E-state index is 12.5. The first-order valence-electron chi connectivity index (χ1n) is 7.87. The molecule has 128 valence electrons. The second-order valence-electron chi connectivity index (χ2n) is 5.04. The van der Waals surface area contributed by atoms with Gasteiger partial charge in [0.05, 0.1) is 18.1 Å². The molecule has 1 aromatic carbocycles. The van der Waals surface area contributed by atoms with Crippen LogP contribution >= 0.6 is 11.3 Å². The van der Waals surface area contributed by atoms with Crippen molar-refractivity contribution in [2.45, 2.75) is 13.8 Å². The van der Waals surface area contributed by atoms with Crippen molar-refractivity contribution in [2.24, 2.45) is 7.05 Å². The highest BCUT2D eigenvalue weighted by molar-refractivity contribution is 7.18. The second-order valence-corrected chi connectivity index (χ2v) is 6.02. The highest BCUT2D eigenvalue weighted by atomic mass is 32.1. The van der Waals surface area contributed by atoms with Gasteiger partial charge in [0, 0.05) is 12.6 Å². The van der Waals surface area contributed by atoms with Crippen molar-refractivity contribution in [1.82, 2.24) is 24.4 Å². The van der Waals surface area contributed by atoms with E-state index in [1.165, 1.54) is 22.2 Å². The fraction of sp³-hybridized carbons (Fsp3) is 0.176. The van der Waals surface area contributed by atoms with Crippen molar-refractivity contribution >= 4 is 22.7 Å². The van der Waals surface area contributed by atoms with Crippen LogP contribution < -0.4 is 11.3 Å². The summed E-state index contributed by atoms with van der Waals surface area (Å²) in [5, 5.41) is 9.68. The minimum atomic E-state index is -0.182. The SMILES string of the molecule is CC.Cn1c(=O)c(-c2nnc(-c3ccccc3)s2)c2ncc(N)cn21. The maximum absolute atomic E-state index is 12.5. The lowest BCUT2D eigenvalue weighted by atomic mass is 10.2. The van der Waals surface area contributed by atoms with Gasteiger partial charge in [-0.15, -0.1) is 10.2 Å². The van der Waals surface area contributed by atoms with Crippen LogP contribution in [0, 0.1) is 0 Å². The van der Waals surface area contributed by atoms with E-state index in [1.54, 1.807) is 17.8 Å². The lowest BCUT2D eigenvalue weighted by molar-refractivity contribution is 0.677. The van der Waals surface area contributed by atoms with Crippen LogP contribution in [0.4, 0.5) is 5.69 Å². The Bertz CT molecular complexity index is 1060. The number of fused-ring (bicyclic) bond motifs is 1. The van der Waals surface area contributed by atoms with Crippen LogP contribution in [-0.4, -0.2) is 24.4 Å². The molecule has 7 nitrogen and oxygen atoms in total. The Balaban J connectivity index is 0.000000880. The second kappa shape index (κ2) is 6.86. The van der Waals surface area contributed by atoms with Gasteiger partial charge in [0.15, 0.2) is 10.7 Å². The number of benzene rings is 1. The van der Waals surface area contributed by atoms with Gasteiger partial charge < -0.3 is 5.73 Å². The van der Waals surface area contributed by atoms with E-state index in [1.807, 2.05) is 44.2 Å². The van der Waals surface area contributed by atoms with Gasteiger partial charge >= 0.3 is 0 Å². The summed E-state index contributed by atoms with van der Waals surface area (Å²) in [7, 11) is 1.67. The molecule has 0 atom stereocenters. The predicted octanol–water partition coefficient (Wildman–Crippen LogP) is 2.83. The Morgan fingerprint density at radius 2 is 1.76 bits per heavy atom. The third-order valence-electron chi connectivity index (χ3n) is 3.54. The molecule has 4 aromatic rings. The molecule has 0 unspecified atom stereocenters. The van der Waals surface area contributed by atoms with Crippen molar-refractivity contribution < 1.29 is 0 Å². The first kappa shape index (κ1) is 16.8. The van der Waals surface area contributed by atoms with E-state index in [0.29, 0.717) is 21.9 Å². The fourth-order valence-electron chi connectivity index (χ4n) is 2.40. The Labute approximate surface area is 148 Å². The third kappa shape index (κ3) is 2.91. The normalized spacial score (nSPS) is 10.5. The molecule has 0 bridgehead atoms. The zero-order valence-electron chi connectivity index (χ0n) is 14.2. The first-order valence-corrected chi connectivity index (χ1v) is 8.69. The summed E-state index contributed by atoms with van der Waals surface area (Å²) in [6.07, 6.45) is 3.18. The van der Waals surface area contributed by atoms with Crippen molar-refractivity contribution in [3.8, 4) is 21.1 Å². The van der Waals surface area contributed by atoms with Gasteiger partial charge in [-0.1, -0.05) is 55.5 Å². The minimum absolute atomic E-state index is 0.182. The Kier molecular flexibility index (Phi) is 4.62. The monoisotopic (exact) mass is 354 g/mol. The van der Waals surface area contributed by atoms with E-state index >= 15 is 0 Å². The smallest absolute Gasteiger partial charge is 0.279 e. The molecule has 4 rings (SSSR count). The molecule has 3 heterocycles. The zero-order chi connectivity index (χ0) is 18.0. The van der Waals surface area contributed by atoms with Gasteiger partial charge in [-0.25, -0.2) is 14.2 Å². The highest BCUT2D eigenvalue weighted by Crippen LogP contribution is 2.30. The first-order chi connectivity index (χ1) is 12.1. The molecule has 0 saturated heterocycles. The van der Waals surface area contributed by atoms with Crippen molar-refractivity contribution in [3.05, 3.63) is 53.1 Å². The number of nitrogens with two attached hydrogens (primary N) is 1. The number of anilines is 1. The fourth-order valence-corrected chi connectivity index (χ4v) is 3.28. The van der Waals surface area contributed by atoms with E-state index < -0.39 is 0 Å². The van der Waals surface area contributed by atoms with Gasteiger partial charge in [-0.2, -0.15) is 0 Å². The number of hydrogen-bond donors (Lipinski definition) is 1. The van der Waals surface area contributed by atoms with Crippen molar-refractivity contribution in [1.29, 1.82) is 0 Å². The van der Waals surface area contributed by atoms with Crippen LogP contribution in [-0.2, 0) is 7.05 Å². The summed E-state index contributed by atoms with van der Waals surface area (Å²) in [6.45, 7) is 4.00. The van der Waals surface area contributed by atoms with E-state index in [-0.39, 0.29) is 5.56 Å². The number of hydrogen-bond acceptors (Lipinski definition) is 6. The van der Waals surface area contributed by atoms with Crippen LogP contribution in [0.25, 0.3) is 26.8 Å². The summed E-state index contributed by atoms with van der Waals surface area (Å²) in [5.41, 5.74) is 7.97. The number of aryl methyl sites for hydroxylation is 1. The molecule has 3 aromatic heterocycles. The molecule has 0 aliphatic heterocycles. The van der Waals surface area contributed by atoms with Crippen LogP contribution in [0.3, 0.4) is 0 Å². The van der Waals surface area contributed by atoms with Crippen LogP contribution in [0.1, 0.15) is 13.8 Å². The predicted molar refractivity (Wildman–Crippen MR) is 101 cm³/mol. The van der Waals surface area contributed by atoms with Crippen LogP contribution in [0.15, 0.2) is 47.5 Å². The molecule has 0 fully saturated rings. The molecular weight excluding hydrogens is 336 g/mol. The summed E-state index contributed by atoms with van der Waals surface area (Å²) >= 11 is 1.37. The van der Waals surface area contributed by atoms with E-state index in [0.717, 1.165) is 10.6 Å². The van der Waals surface area contributed by atoms with E-state index in [9.17, 15) is 4.79 Å². The topological polar surface area (TPSA) is 91.1 Å². The lowest BCUT2D eigenvalue weighted by Gasteiger charge is -1.99. The number of aromatic nitrogens is 5. The summed E-state index contributed by atoms with van der Waals surface area (Å²) in [6, 6.07) is 9.73. The molecule has 0 spiro atoms. The van der Waals surface area contributed by atoms with Crippen LogP contribution in [0.5, 0.6) is 0 Å². The molecule has 0 aliphatic carbocycles. The number of rotatable bonds is 2. The molecule has 8 heteroatoms. The van der Waals surface area contributed by atoms with Gasteiger partial charge in [-0.3, -0.25) is 4.79 Å². The number of nitrogen functional groups attached to an aromatic ring is 1. The quantitative estimate of drug-likeness (QED) is 0.598. The molecule has 0 aliphatic rings. The van der Waals surface area contributed by atoms with Crippen molar-refractivity contribution in [2.75, 3.05) is 5.73 Å². The largest absolute Gasteiger partial charge is 0.396 e. The third-order valence-corrected chi connectivity index (χ3v) is 4.53. The lowest BCUT2D eigenvalue weighted by Crippen LogP contribution is -2.16. The molecule has 2 N–H and O–H groups in total. The standard InChI is InChI=1S/C15H12N6OS.C2H6/c1-20-15(22)11(12-17-7-10(16)8-21(12)20)14-19-18-13(23-14)9-5-3-2-4-6-9;1-2/h2-8H,16H2,1H3;1-2H3. The zero-order valence-corrected chi connectivity index (χ0v) is 15.0. The Hall–Kier alpha value is -3.00. The average Bonchev–Trinajstić information content (AvgIpc) is 3.22. The molecule has 25 heavy (non-hydrogen) atoms. The van der Waals surface area contributed by atoms with Gasteiger partial charge in [0.2, 0.25) is 0 Å². The Morgan fingerprint density at radius 1 is 1.08 bits per heavy atom. The molecule has 0 radical (unpaired) electrons. The minimum Gasteiger partial charge on any atom is -0.396 e. The van der Waals surface area contributed by atoms with E-state index in [4.69, 9.17) is 5.73 Å². The summed E-state index contributed by atoms with van der Waals surface area (Å²) < 4.78 is 3.08. The Morgan fingerprint density at radius 3 is 2.48 bits per heavy atom. The van der Waals surface area contributed by atoms with Crippen LogP contribution in [0.2, 0.25) is 0 Å². The van der Waals surface area contributed by atoms with Gasteiger partial charge in [-0.05, 0) is 0 Å². The summed E-state index contributed by atoms with van der Waals surface area (Å²) in [4.78, 5) is 16.8. The van der Waals surface area contributed by atoms with Gasteiger partial charge in [0.25, 0.3) is 5.56 Å². The van der Waals surface area contributed by atoms with Crippen molar-refractivity contribution in [3.63, 3.8) is 0 Å². The number of nitrogens with zero attached hydrogens (tertiary/aromatic N) is 5.